The molecule has 0 radical (unpaired) electrons. The molecule has 0 saturated heterocycles. The molecule has 0 amide bonds. The van der Waals surface area contributed by atoms with Crippen LogP contribution in [-0.4, -0.2) is 4.98 Å². The molecule has 1 aromatic carbocycles. The number of fused-ring (bicyclic) bond motifs is 1. The third-order valence-electron chi connectivity index (χ3n) is 1.85. The molecule has 0 atom stereocenters. The van der Waals surface area contributed by atoms with E-state index in [1.54, 1.807) is 18.2 Å². The summed E-state index contributed by atoms with van der Waals surface area (Å²) in [5, 5.41) is 1.00. The summed E-state index contributed by atoms with van der Waals surface area (Å²) in [6, 6.07) is 6.29. The van der Waals surface area contributed by atoms with Crippen molar-refractivity contribution in [2.75, 3.05) is 11.5 Å². The van der Waals surface area contributed by atoms with Gasteiger partial charge in [-0.3, -0.25) is 0 Å². The van der Waals surface area contributed by atoms with Gasteiger partial charge in [-0.1, -0.05) is 12.1 Å². The molecule has 0 bridgehead atoms. The Hall–Kier alpha value is -1.84. The topological polar surface area (TPSA) is 64.9 Å². The molecule has 0 unspecified atom stereocenters. The van der Waals surface area contributed by atoms with E-state index in [2.05, 4.69) is 4.98 Å². The van der Waals surface area contributed by atoms with Gasteiger partial charge in [0.15, 0.2) is 0 Å². The quantitative estimate of drug-likeness (QED) is 0.641. The molecule has 0 fully saturated rings. The summed E-state index contributed by atoms with van der Waals surface area (Å²) in [5.74, 6) is 0.0613. The highest BCUT2D eigenvalue weighted by Crippen LogP contribution is 2.23. The smallest absolute Gasteiger partial charge is 0.136 e. The second-order valence-corrected chi connectivity index (χ2v) is 2.77. The predicted octanol–water partition coefficient (Wildman–Crippen LogP) is 1.54. The fourth-order valence-electron chi connectivity index (χ4n) is 1.32. The first kappa shape index (κ1) is 7.79. The Kier molecular flexibility index (Phi) is 1.55. The van der Waals surface area contributed by atoms with Crippen LogP contribution in [-0.2, 0) is 0 Å². The van der Waals surface area contributed by atoms with Crippen LogP contribution in [0.5, 0.6) is 0 Å². The standard InChI is InChI=1S/C9H8FN3/c10-6-3-1-2-5-4-7(11)13-9(12)8(5)6/h1-4H,(H4,11,12,13). The molecule has 0 aliphatic heterocycles. The zero-order chi connectivity index (χ0) is 9.42. The second kappa shape index (κ2) is 2.58. The average molecular weight is 177 g/mol. The van der Waals surface area contributed by atoms with Crippen molar-refractivity contribution in [3.63, 3.8) is 0 Å². The van der Waals surface area contributed by atoms with E-state index >= 15 is 0 Å². The first-order valence-corrected chi connectivity index (χ1v) is 3.78. The third kappa shape index (κ3) is 1.16. The highest BCUT2D eigenvalue weighted by Gasteiger charge is 2.05. The summed E-state index contributed by atoms with van der Waals surface area (Å²) in [4.78, 5) is 3.78. The zero-order valence-electron chi connectivity index (χ0n) is 6.79. The molecule has 0 spiro atoms. The van der Waals surface area contributed by atoms with Crippen LogP contribution in [0.1, 0.15) is 0 Å². The molecule has 66 valence electrons. The number of halogens is 1. The summed E-state index contributed by atoms with van der Waals surface area (Å²) in [6.45, 7) is 0. The molecular formula is C9H8FN3. The van der Waals surface area contributed by atoms with Crippen molar-refractivity contribution in [1.29, 1.82) is 0 Å². The van der Waals surface area contributed by atoms with Crippen LogP contribution >= 0.6 is 0 Å². The maximum Gasteiger partial charge on any atom is 0.136 e. The van der Waals surface area contributed by atoms with Gasteiger partial charge in [-0.05, 0) is 17.5 Å². The molecule has 2 rings (SSSR count). The maximum absolute atomic E-state index is 13.2. The molecule has 4 N–H and O–H groups in total. The lowest BCUT2D eigenvalue weighted by molar-refractivity contribution is 0.640. The second-order valence-electron chi connectivity index (χ2n) is 2.77. The van der Waals surface area contributed by atoms with Gasteiger partial charge >= 0.3 is 0 Å². The molecule has 0 saturated carbocycles. The lowest BCUT2D eigenvalue weighted by Crippen LogP contribution is -1.98. The Bertz CT molecular complexity index is 468. The SMILES string of the molecule is Nc1cc2cccc(F)c2c(N)n1. The van der Waals surface area contributed by atoms with Gasteiger partial charge in [0.05, 0.1) is 5.39 Å². The Labute approximate surface area is 74.2 Å². The Balaban J connectivity index is 2.94. The van der Waals surface area contributed by atoms with Crippen molar-refractivity contribution in [2.45, 2.75) is 0 Å². The van der Waals surface area contributed by atoms with Crippen LogP contribution in [0.2, 0.25) is 0 Å². The average Bonchev–Trinajstić information content (AvgIpc) is 2.02. The van der Waals surface area contributed by atoms with Crippen LogP contribution in [0.15, 0.2) is 24.3 Å². The van der Waals surface area contributed by atoms with Crippen LogP contribution in [0.3, 0.4) is 0 Å². The number of benzene rings is 1. The van der Waals surface area contributed by atoms with E-state index in [0.717, 1.165) is 0 Å². The predicted molar refractivity (Wildman–Crippen MR) is 50.5 cm³/mol. The van der Waals surface area contributed by atoms with Crippen molar-refractivity contribution in [3.8, 4) is 0 Å². The van der Waals surface area contributed by atoms with E-state index in [0.29, 0.717) is 16.6 Å². The number of anilines is 2. The van der Waals surface area contributed by atoms with Crippen molar-refractivity contribution >= 4 is 22.4 Å². The Morgan fingerprint density at radius 3 is 2.77 bits per heavy atom. The Morgan fingerprint density at radius 2 is 2.00 bits per heavy atom. The minimum Gasteiger partial charge on any atom is -0.384 e. The molecule has 2 aromatic rings. The number of rotatable bonds is 0. The molecular weight excluding hydrogens is 169 g/mol. The molecule has 0 aliphatic carbocycles. The van der Waals surface area contributed by atoms with Crippen LogP contribution in [0.4, 0.5) is 16.0 Å². The number of hydrogen-bond acceptors (Lipinski definition) is 3. The van der Waals surface area contributed by atoms with E-state index in [-0.39, 0.29) is 11.6 Å². The van der Waals surface area contributed by atoms with Gasteiger partial charge in [0.1, 0.15) is 17.5 Å². The van der Waals surface area contributed by atoms with Gasteiger partial charge in [-0.15, -0.1) is 0 Å². The molecule has 4 heteroatoms. The summed E-state index contributed by atoms with van der Waals surface area (Å²) in [7, 11) is 0. The summed E-state index contributed by atoms with van der Waals surface area (Å²) < 4.78 is 13.2. The Morgan fingerprint density at radius 1 is 1.23 bits per heavy atom. The highest BCUT2D eigenvalue weighted by atomic mass is 19.1. The van der Waals surface area contributed by atoms with E-state index in [9.17, 15) is 4.39 Å². The number of nitrogens with two attached hydrogens (primary N) is 2. The lowest BCUT2D eigenvalue weighted by atomic mass is 10.1. The fraction of sp³-hybridized carbons (Fsp3) is 0. The maximum atomic E-state index is 13.2. The van der Waals surface area contributed by atoms with Crippen LogP contribution in [0.25, 0.3) is 10.8 Å². The van der Waals surface area contributed by atoms with Crippen LogP contribution < -0.4 is 11.5 Å². The minimum absolute atomic E-state index is 0.133. The number of pyridine rings is 1. The molecule has 13 heavy (non-hydrogen) atoms. The minimum atomic E-state index is -0.373. The normalized spacial score (nSPS) is 10.5. The van der Waals surface area contributed by atoms with Gasteiger partial charge in [-0.2, -0.15) is 0 Å². The fourth-order valence-corrected chi connectivity index (χ4v) is 1.32. The third-order valence-corrected chi connectivity index (χ3v) is 1.85. The van der Waals surface area contributed by atoms with E-state index in [4.69, 9.17) is 11.5 Å². The summed E-state index contributed by atoms with van der Waals surface area (Å²) >= 11 is 0. The monoisotopic (exact) mass is 177 g/mol. The highest BCUT2D eigenvalue weighted by molar-refractivity contribution is 5.93. The number of nitrogens with zero attached hydrogens (tertiary/aromatic N) is 1. The lowest BCUT2D eigenvalue weighted by Gasteiger charge is -2.03. The largest absolute Gasteiger partial charge is 0.384 e. The van der Waals surface area contributed by atoms with Crippen molar-refractivity contribution < 1.29 is 4.39 Å². The van der Waals surface area contributed by atoms with Gasteiger partial charge < -0.3 is 11.5 Å². The van der Waals surface area contributed by atoms with Gasteiger partial charge in [0, 0.05) is 0 Å². The first-order valence-electron chi connectivity index (χ1n) is 3.78. The number of nitrogen functional groups attached to an aromatic ring is 2. The van der Waals surface area contributed by atoms with Crippen LogP contribution in [0, 0.1) is 5.82 Å². The summed E-state index contributed by atoms with van der Waals surface area (Å²) in [6.07, 6.45) is 0. The van der Waals surface area contributed by atoms with Crippen molar-refractivity contribution in [3.05, 3.63) is 30.1 Å². The van der Waals surface area contributed by atoms with E-state index in [1.807, 2.05) is 0 Å². The molecule has 1 heterocycles. The molecule has 0 aliphatic rings. The van der Waals surface area contributed by atoms with Gasteiger partial charge in [0.25, 0.3) is 0 Å². The molecule has 1 aromatic heterocycles. The van der Waals surface area contributed by atoms with Gasteiger partial charge in [-0.25, -0.2) is 9.37 Å². The first-order chi connectivity index (χ1) is 6.18. The summed E-state index contributed by atoms with van der Waals surface area (Å²) in [5.41, 5.74) is 11.0. The zero-order valence-corrected chi connectivity index (χ0v) is 6.79. The van der Waals surface area contributed by atoms with E-state index in [1.165, 1.54) is 6.07 Å². The van der Waals surface area contributed by atoms with E-state index < -0.39 is 0 Å². The van der Waals surface area contributed by atoms with Crippen molar-refractivity contribution in [1.82, 2.24) is 4.98 Å². The van der Waals surface area contributed by atoms with Gasteiger partial charge in [0.2, 0.25) is 0 Å². The molecule has 3 nitrogen and oxygen atoms in total. The number of aromatic nitrogens is 1. The number of hydrogen-bond donors (Lipinski definition) is 2. The van der Waals surface area contributed by atoms with Crippen molar-refractivity contribution in [2.24, 2.45) is 0 Å².